The van der Waals surface area contributed by atoms with Gasteiger partial charge in [-0.3, -0.25) is 14.2 Å². The van der Waals surface area contributed by atoms with Gasteiger partial charge >= 0.3 is 5.69 Å². The molecule has 1 aromatic heterocycles. The first kappa shape index (κ1) is 20.3. The lowest BCUT2D eigenvalue weighted by Crippen LogP contribution is -2.39. The lowest BCUT2D eigenvalue weighted by molar-refractivity contribution is 0.0988. The monoisotopic (exact) mass is 414 g/mol. The summed E-state index contributed by atoms with van der Waals surface area (Å²) in [5, 5.41) is 0.436. The van der Waals surface area contributed by atoms with Crippen LogP contribution in [0.2, 0.25) is 0 Å². The molecule has 0 amide bonds. The maximum Gasteiger partial charge on any atom is 0.336 e. The number of ketones is 1. The first-order chi connectivity index (χ1) is 15.0. The fraction of sp³-hybridized carbons (Fsp3) is 0.160. The van der Waals surface area contributed by atoms with Gasteiger partial charge in [0.15, 0.2) is 5.78 Å². The molecule has 0 N–H and O–H groups in total. The second-order valence-electron chi connectivity index (χ2n) is 7.17. The molecule has 0 aliphatic heterocycles. The smallest absolute Gasteiger partial charge is 0.336 e. The van der Waals surface area contributed by atoms with Gasteiger partial charge in [-0.15, -0.1) is 0 Å². The fourth-order valence-corrected chi connectivity index (χ4v) is 3.68. The Labute approximate surface area is 179 Å². The Morgan fingerprint density at radius 1 is 0.903 bits per heavy atom. The van der Waals surface area contributed by atoms with Crippen molar-refractivity contribution in [3.8, 4) is 11.4 Å². The summed E-state index contributed by atoms with van der Waals surface area (Å²) in [7, 11) is 1.50. The molecule has 0 bridgehead atoms. The van der Waals surface area contributed by atoms with Crippen molar-refractivity contribution < 1.29 is 9.53 Å². The van der Waals surface area contributed by atoms with Crippen LogP contribution in [-0.2, 0) is 6.54 Å². The van der Waals surface area contributed by atoms with E-state index in [1.165, 1.54) is 7.11 Å². The van der Waals surface area contributed by atoms with Gasteiger partial charge in [-0.25, -0.2) is 9.36 Å². The van der Waals surface area contributed by atoms with Crippen molar-refractivity contribution in [3.63, 3.8) is 0 Å². The second kappa shape index (κ2) is 8.44. The number of hydrogen-bond donors (Lipinski definition) is 0. The molecule has 6 heteroatoms. The molecule has 4 rings (SSSR count). The summed E-state index contributed by atoms with van der Waals surface area (Å²) in [6.07, 6.45) is 0.438. The Hall–Kier alpha value is -3.93. The Balaban J connectivity index is 1.92. The molecule has 3 aromatic carbocycles. The average Bonchev–Trinajstić information content (AvgIpc) is 2.82. The molecule has 0 unspecified atom stereocenters. The van der Waals surface area contributed by atoms with Crippen molar-refractivity contribution in [1.82, 2.24) is 9.13 Å². The van der Waals surface area contributed by atoms with Crippen LogP contribution >= 0.6 is 0 Å². The summed E-state index contributed by atoms with van der Waals surface area (Å²) in [5.41, 5.74) is 1.58. The molecule has 31 heavy (non-hydrogen) atoms. The topological polar surface area (TPSA) is 70.3 Å². The molecule has 0 saturated heterocycles. The van der Waals surface area contributed by atoms with E-state index in [2.05, 4.69) is 0 Å². The highest BCUT2D eigenvalue weighted by Gasteiger charge is 2.17. The van der Waals surface area contributed by atoms with Gasteiger partial charge in [-0.1, -0.05) is 55.5 Å². The number of rotatable bonds is 6. The summed E-state index contributed by atoms with van der Waals surface area (Å²) in [6, 6.07) is 21.2. The number of methoxy groups -OCH3 is 1. The number of para-hydroxylation sites is 3. The molecule has 0 aliphatic carbocycles. The minimum Gasteiger partial charge on any atom is -0.495 e. The summed E-state index contributed by atoms with van der Waals surface area (Å²) < 4.78 is 8.10. The molecule has 0 atom stereocenters. The van der Waals surface area contributed by atoms with Crippen molar-refractivity contribution in [1.29, 1.82) is 0 Å². The zero-order valence-corrected chi connectivity index (χ0v) is 17.4. The highest BCUT2D eigenvalue weighted by Crippen LogP contribution is 2.20. The summed E-state index contributed by atoms with van der Waals surface area (Å²) in [4.78, 5) is 38.7. The number of fused-ring (bicyclic) bond motifs is 1. The molecule has 0 fully saturated rings. The molecule has 4 aromatic rings. The van der Waals surface area contributed by atoms with Gasteiger partial charge in [0.05, 0.1) is 30.2 Å². The van der Waals surface area contributed by atoms with Crippen molar-refractivity contribution >= 4 is 16.7 Å². The van der Waals surface area contributed by atoms with Crippen molar-refractivity contribution in [2.75, 3.05) is 7.11 Å². The molecule has 156 valence electrons. The Kier molecular flexibility index (Phi) is 5.54. The molecule has 1 heterocycles. The second-order valence-corrected chi connectivity index (χ2v) is 7.17. The third kappa shape index (κ3) is 3.68. The van der Waals surface area contributed by atoms with E-state index in [0.717, 1.165) is 10.1 Å². The van der Waals surface area contributed by atoms with Gasteiger partial charge in [0.2, 0.25) is 0 Å². The van der Waals surface area contributed by atoms with E-state index < -0.39 is 11.2 Å². The van der Waals surface area contributed by atoms with E-state index in [1.807, 2.05) is 19.1 Å². The quantitative estimate of drug-likeness (QED) is 0.450. The van der Waals surface area contributed by atoms with Crippen molar-refractivity contribution in [2.45, 2.75) is 19.9 Å². The third-order valence-corrected chi connectivity index (χ3v) is 5.31. The van der Waals surface area contributed by atoms with Crippen LogP contribution in [0, 0.1) is 0 Å². The van der Waals surface area contributed by atoms with Crippen LogP contribution in [0.3, 0.4) is 0 Å². The van der Waals surface area contributed by atoms with Crippen LogP contribution < -0.4 is 16.0 Å². The lowest BCUT2D eigenvalue weighted by atomic mass is 10.1. The summed E-state index contributed by atoms with van der Waals surface area (Å²) in [6.45, 7) is 2.08. The van der Waals surface area contributed by atoms with E-state index in [4.69, 9.17) is 4.74 Å². The molecule has 0 radical (unpaired) electrons. The predicted octanol–water partition coefficient (Wildman–Crippen LogP) is 3.80. The van der Waals surface area contributed by atoms with Gasteiger partial charge in [-0.05, 0) is 29.8 Å². The number of Topliss-reactive ketones (excluding diaryl/α,β-unsaturated/α-hetero) is 1. The van der Waals surface area contributed by atoms with E-state index in [1.54, 1.807) is 65.2 Å². The number of aromatic nitrogens is 2. The van der Waals surface area contributed by atoms with E-state index in [9.17, 15) is 14.4 Å². The molecular formula is C25H22N2O4. The minimum absolute atomic E-state index is 0.0684. The van der Waals surface area contributed by atoms with E-state index in [0.29, 0.717) is 34.3 Å². The number of carbonyl (C=O) groups is 1. The number of nitrogens with zero attached hydrogens (tertiary/aromatic N) is 2. The van der Waals surface area contributed by atoms with Crippen molar-refractivity contribution in [3.05, 3.63) is 105 Å². The van der Waals surface area contributed by atoms with Crippen LogP contribution in [0.1, 0.15) is 29.3 Å². The van der Waals surface area contributed by atoms with Crippen LogP contribution in [0.4, 0.5) is 0 Å². The first-order valence-corrected chi connectivity index (χ1v) is 10.0. The van der Waals surface area contributed by atoms with Crippen molar-refractivity contribution in [2.24, 2.45) is 0 Å². The number of carbonyl (C=O) groups excluding carboxylic acids is 1. The average molecular weight is 414 g/mol. The van der Waals surface area contributed by atoms with Gasteiger partial charge < -0.3 is 4.74 Å². The minimum atomic E-state index is -0.457. The van der Waals surface area contributed by atoms with Crippen LogP contribution in [0.5, 0.6) is 5.75 Å². The zero-order chi connectivity index (χ0) is 22.0. The Bertz CT molecular complexity index is 1380. The van der Waals surface area contributed by atoms with E-state index in [-0.39, 0.29) is 12.3 Å². The van der Waals surface area contributed by atoms with Gasteiger partial charge in [0.1, 0.15) is 5.75 Å². The molecule has 0 saturated carbocycles. The van der Waals surface area contributed by atoms with Gasteiger partial charge in [-0.2, -0.15) is 0 Å². The largest absolute Gasteiger partial charge is 0.495 e. The van der Waals surface area contributed by atoms with Crippen LogP contribution in [0.15, 0.2) is 82.4 Å². The van der Waals surface area contributed by atoms with Crippen LogP contribution in [-0.4, -0.2) is 22.0 Å². The predicted molar refractivity (Wildman–Crippen MR) is 121 cm³/mol. The number of benzene rings is 3. The molecule has 0 spiro atoms. The molecule has 6 nitrogen and oxygen atoms in total. The first-order valence-electron chi connectivity index (χ1n) is 10.0. The van der Waals surface area contributed by atoms with Crippen LogP contribution in [0.25, 0.3) is 16.6 Å². The Morgan fingerprint density at radius 2 is 1.58 bits per heavy atom. The normalized spacial score (nSPS) is 10.9. The highest BCUT2D eigenvalue weighted by atomic mass is 16.5. The Morgan fingerprint density at radius 3 is 2.29 bits per heavy atom. The lowest BCUT2D eigenvalue weighted by Gasteiger charge is -2.16. The number of ether oxygens (including phenoxy) is 1. The number of hydrogen-bond acceptors (Lipinski definition) is 4. The van der Waals surface area contributed by atoms with E-state index >= 15 is 0 Å². The maximum absolute atomic E-state index is 13.5. The fourth-order valence-electron chi connectivity index (χ4n) is 3.68. The summed E-state index contributed by atoms with van der Waals surface area (Å²) >= 11 is 0. The SMILES string of the molecule is CCC(=O)c1ccc(Cn2c(=O)n(-c3ccccc3OC)c(=O)c3ccccc32)cc1. The standard InChI is InChI=1S/C25H22N2O4/c1-3-22(28)18-14-12-17(13-15-18)16-26-20-9-5-4-8-19(20)24(29)27(25(26)30)21-10-6-7-11-23(21)31-2/h4-15H,3,16H2,1-2H3. The van der Waals surface area contributed by atoms with Gasteiger partial charge in [0.25, 0.3) is 5.56 Å². The zero-order valence-electron chi connectivity index (χ0n) is 17.4. The van der Waals surface area contributed by atoms with Gasteiger partial charge in [0, 0.05) is 12.0 Å². The highest BCUT2D eigenvalue weighted by molar-refractivity contribution is 5.95. The molecular weight excluding hydrogens is 392 g/mol. The maximum atomic E-state index is 13.5. The molecule has 0 aliphatic rings. The third-order valence-electron chi connectivity index (χ3n) is 5.31. The summed E-state index contributed by atoms with van der Waals surface area (Å²) in [5.74, 6) is 0.504.